The van der Waals surface area contributed by atoms with Crippen LogP contribution in [-0.4, -0.2) is 19.9 Å². The predicted octanol–water partition coefficient (Wildman–Crippen LogP) is 6.34. The normalized spacial score (nSPS) is 15.2. The van der Waals surface area contributed by atoms with Crippen molar-refractivity contribution in [3.05, 3.63) is 67.2 Å². The van der Waals surface area contributed by atoms with Crippen LogP contribution in [0.3, 0.4) is 0 Å². The highest BCUT2D eigenvalue weighted by molar-refractivity contribution is 7.92. The number of sulfonamides is 1. The molecule has 1 N–H and O–H groups in total. The molecule has 164 valence electrons. The second kappa shape index (κ2) is 8.08. The predicted molar refractivity (Wildman–Crippen MR) is 125 cm³/mol. The van der Waals surface area contributed by atoms with Crippen molar-refractivity contribution in [2.75, 3.05) is 16.2 Å². The highest BCUT2D eigenvalue weighted by atomic mass is 35.5. The molecule has 0 atom stereocenters. The van der Waals surface area contributed by atoms with E-state index in [1.54, 1.807) is 6.07 Å². The van der Waals surface area contributed by atoms with Gasteiger partial charge < -0.3 is 4.90 Å². The minimum Gasteiger partial charge on any atom is -0.366 e. The zero-order valence-corrected chi connectivity index (χ0v) is 20.3. The van der Waals surface area contributed by atoms with Crippen LogP contribution in [0.15, 0.2) is 40.1 Å². The number of anilines is 2. The van der Waals surface area contributed by atoms with Crippen LogP contribution in [0.5, 0.6) is 0 Å². The number of nitrogens with one attached hydrogen (secondary N) is 1. The Morgan fingerprint density at radius 3 is 2.65 bits per heavy atom. The van der Waals surface area contributed by atoms with E-state index in [4.69, 9.17) is 34.8 Å². The molecule has 2 heterocycles. The molecule has 3 aromatic rings. The molecule has 2 aromatic carbocycles. The maximum Gasteiger partial charge on any atom is 0.266 e. The van der Waals surface area contributed by atoms with Crippen LogP contribution in [-0.2, 0) is 22.0 Å². The van der Waals surface area contributed by atoms with Crippen molar-refractivity contribution in [3.63, 3.8) is 0 Å². The lowest BCUT2D eigenvalue weighted by Crippen LogP contribution is -2.28. The van der Waals surface area contributed by atoms with Gasteiger partial charge in [0.2, 0.25) is 0 Å². The molecule has 0 spiro atoms. The molecule has 0 saturated carbocycles. The number of rotatable bonds is 5. The van der Waals surface area contributed by atoms with Gasteiger partial charge in [-0.25, -0.2) is 17.8 Å². The summed E-state index contributed by atoms with van der Waals surface area (Å²) in [6.07, 6.45) is 0. The van der Waals surface area contributed by atoms with Gasteiger partial charge in [0.05, 0.1) is 15.6 Å². The number of thiazole rings is 1. The summed E-state index contributed by atoms with van der Waals surface area (Å²) < 4.78 is 42.2. The van der Waals surface area contributed by atoms with Gasteiger partial charge in [0, 0.05) is 40.2 Å². The molecule has 0 unspecified atom stereocenters. The Labute approximate surface area is 198 Å². The standard InChI is InChI=1S/C20H17Cl3FN3O2S2/c1-20(2)9-27(15-4-3-12(21)19(23)18(15)20)7-11-5-14(24)16(6-13(11)22)31(28,29)26-17-8-30-10-25-17/h3-6,8,10,26H,7,9H2,1-2H3. The highest BCUT2D eigenvalue weighted by Crippen LogP contribution is 2.47. The molecular weight excluding hydrogens is 504 g/mol. The Morgan fingerprint density at radius 2 is 1.97 bits per heavy atom. The van der Waals surface area contributed by atoms with E-state index in [0.717, 1.165) is 23.4 Å². The Kier molecular flexibility index (Phi) is 5.89. The summed E-state index contributed by atoms with van der Waals surface area (Å²) in [5, 5.41) is 2.63. The monoisotopic (exact) mass is 519 g/mol. The van der Waals surface area contributed by atoms with Crippen molar-refractivity contribution in [2.45, 2.75) is 30.7 Å². The summed E-state index contributed by atoms with van der Waals surface area (Å²) in [7, 11) is -4.17. The van der Waals surface area contributed by atoms with Crippen LogP contribution in [0.1, 0.15) is 25.0 Å². The lowest BCUT2D eigenvalue weighted by atomic mass is 9.87. The topological polar surface area (TPSA) is 62.3 Å². The number of nitrogens with zero attached hydrogens (tertiary/aromatic N) is 2. The summed E-state index contributed by atoms with van der Waals surface area (Å²) in [4.78, 5) is 5.35. The molecule has 0 aliphatic carbocycles. The quantitative estimate of drug-likeness (QED) is 0.426. The van der Waals surface area contributed by atoms with Crippen LogP contribution in [0.4, 0.5) is 15.9 Å². The highest BCUT2D eigenvalue weighted by Gasteiger charge is 2.38. The zero-order chi connectivity index (χ0) is 22.6. The third kappa shape index (κ3) is 4.24. The van der Waals surface area contributed by atoms with Crippen molar-refractivity contribution in [2.24, 2.45) is 0 Å². The van der Waals surface area contributed by atoms with Crippen LogP contribution < -0.4 is 9.62 Å². The van der Waals surface area contributed by atoms with E-state index in [9.17, 15) is 12.8 Å². The maximum atomic E-state index is 14.8. The first kappa shape index (κ1) is 22.6. The van der Waals surface area contributed by atoms with Gasteiger partial charge in [-0.05, 0) is 29.8 Å². The van der Waals surface area contributed by atoms with E-state index in [1.807, 2.05) is 11.0 Å². The summed E-state index contributed by atoms with van der Waals surface area (Å²) in [6.45, 7) is 5.00. The molecule has 0 amide bonds. The summed E-state index contributed by atoms with van der Waals surface area (Å²) in [5.41, 5.74) is 3.46. The number of benzene rings is 2. The van der Waals surface area contributed by atoms with Crippen molar-refractivity contribution in [1.82, 2.24) is 4.98 Å². The van der Waals surface area contributed by atoms with Gasteiger partial charge in [0.15, 0.2) is 5.82 Å². The van der Waals surface area contributed by atoms with Crippen LogP contribution in [0.2, 0.25) is 15.1 Å². The van der Waals surface area contributed by atoms with Gasteiger partial charge in [0.25, 0.3) is 10.0 Å². The fraction of sp³-hybridized carbons (Fsp3) is 0.250. The smallest absolute Gasteiger partial charge is 0.266 e. The number of fused-ring (bicyclic) bond motifs is 1. The fourth-order valence-corrected chi connectivity index (χ4v) is 6.29. The second-order valence-electron chi connectivity index (χ2n) is 7.85. The van der Waals surface area contributed by atoms with E-state index >= 15 is 0 Å². The van der Waals surface area contributed by atoms with Gasteiger partial charge in [-0.1, -0.05) is 48.7 Å². The SMILES string of the molecule is CC1(C)CN(Cc2cc(F)c(S(=O)(=O)Nc3cscn3)cc2Cl)c2ccc(Cl)c(Cl)c21. The van der Waals surface area contributed by atoms with Gasteiger partial charge in [0.1, 0.15) is 10.7 Å². The van der Waals surface area contributed by atoms with E-state index in [0.29, 0.717) is 22.2 Å². The molecule has 0 radical (unpaired) electrons. The van der Waals surface area contributed by atoms with Crippen molar-refractivity contribution >= 4 is 67.7 Å². The number of aromatic nitrogens is 1. The minimum absolute atomic E-state index is 0.121. The average Bonchev–Trinajstić information content (AvgIpc) is 3.26. The lowest BCUT2D eigenvalue weighted by molar-refractivity contribution is 0.548. The van der Waals surface area contributed by atoms with Crippen molar-refractivity contribution in [1.29, 1.82) is 0 Å². The Bertz CT molecular complexity index is 1270. The largest absolute Gasteiger partial charge is 0.366 e. The Balaban J connectivity index is 1.66. The third-order valence-electron chi connectivity index (χ3n) is 5.10. The van der Waals surface area contributed by atoms with Crippen LogP contribution >= 0.6 is 46.1 Å². The molecule has 0 bridgehead atoms. The first-order chi connectivity index (χ1) is 14.5. The Hall–Kier alpha value is -1.58. The van der Waals surface area contributed by atoms with Gasteiger partial charge in [-0.15, -0.1) is 11.3 Å². The third-order valence-corrected chi connectivity index (χ3v) is 8.21. The minimum atomic E-state index is -4.17. The maximum absolute atomic E-state index is 14.8. The van der Waals surface area contributed by atoms with E-state index in [1.165, 1.54) is 22.2 Å². The first-order valence-electron chi connectivity index (χ1n) is 9.12. The molecule has 0 saturated heterocycles. The number of hydrogen-bond acceptors (Lipinski definition) is 5. The van der Waals surface area contributed by atoms with E-state index in [-0.39, 0.29) is 22.8 Å². The summed E-state index contributed by atoms with van der Waals surface area (Å²) in [5.74, 6) is -0.772. The van der Waals surface area contributed by atoms with Gasteiger partial charge >= 0.3 is 0 Å². The first-order valence-corrected chi connectivity index (χ1v) is 12.7. The second-order valence-corrected chi connectivity index (χ2v) is 11.4. The summed E-state index contributed by atoms with van der Waals surface area (Å²) in [6, 6.07) is 5.87. The van der Waals surface area contributed by atoms with Gasteiger partial charge in [-0.2, -0.15) is 0 Å². The molecular formula is C20H17Cl3FN3O2S2. The van der Waals surface area contributed by atoms with E-state index in [2.05, 4.69) is 23.6 Å². The average molecular weight is 521 g/mol. The molecule has 1 aliphatic heterocycles. The molecule has 5 nitrogen and oxygen atoms in total. The van der Waals surface area contributed by atoms with Crippen molar-refractivity contribution in [3.8, 4) is 0 Å². The fourth-order valence-electron chi connectivity index (χ4n) is 3.79. The van der Waals surface area contributed by atoms with Crippen LogP contribution in [0.25, 0.3) is 0 Å². The van der Waals surface area contributed by atoms with Crippen LogP contribution in [0, 0.1) is 5.82 Å². The zero-order valence-electron chi connectivity index (χ0n) is 16.4. The molecule has 4 rings (SSSR count). The summed E-state index contributed by atoms with van der Waals surface area (Å²) >= 11 is 20.2. The molecule has 31 heavy (non-hydrogen) atoms. The van der Waals surface area contributed by atoms with Gasteiger partial charge in [-0.3, -0.25) is 4.72 Å². The number of halogens is 4. The lowest BCUT2D eigenvalue weighted by Gasteiger charge is -2.23. The molecule has 11 heteroatoms. The molecule has 1 aromatic heterocycles. The number of hydrogen-bond donors (Lipinski definition) is 1. The van der Waals surface area contributed by atoms with Crippen molar-refractivity contribution < 1.29 is 12.8 Å². The molecule has 0 fully saturated rings. The Morgan fingerprint density at radius 1 is 1.23 bits per heavy atom. The molecule has 1 aliphatic rings. The van der Waals surface area contributed by atoms with E-state index < -0.39 is 20.7 Å².